The summed E-state index contributed by atoms with van der Waals surface area (Å²) in [6, 6.07) is 19.1. The third kappa shape index (κ3) is 3.55. The maximum Gasteiger partial charge on any atom is 0.281 e. The Morgan fingerprint density at radius 2 is 1.82 bits per heavy atom. The molecule has 1 aromatic heterocycles. The molecule has 0 radical (unpaired) electrons. The highest BCUT2D eigenvalue weighted by Crippen LogP contribution is 2.32. The molecule has 7 heteroatoms. The monoisotopic (exact) mass is 397 g/mol. The maximum absolute atomic E-state index is 13.5. The fourth-order valence-corrected chi connectivity index (χ4v) is 5.27. The van der Waals surface area contributed by atoms with Gasteiger partial charge < -0.3 is 4.74 Å². The largest absolute Gasteiger partial charge is 0.379 e. The molecule has 1 unspecified atom stereocenters. The molecule has 1 aliphatic heterocycles. The van der Waals surface area contributed by atoms with E-state index in [9.17, 15) is 8.42 Å². The van der Waals surface area contributed by atoms with Gasteiger partial charge in [-0.3, -0.25) is 8.99 Å². The highest BCUT2D eigenvalue weighted by molar-refractivity contribution is 7.92. The quantitative estimate of drug-likeness (QED) is 0.642. The van der Waals surface area contributed by atoms with Crippen molar-refractivity contribution in [2.24, 2.45) is 0 Å². The molecule has 0 aliphatic carbocycles. The van der Waals surface area contributed by atoms with Crippen LogP contribution in [0.4, 0.5) is 5.69 Å². The van der Waals surface area contributed by atoms with Crippen molar-refractivity contribution in [1.82, 2.24) is 9.78 Å². The summed E-state index contributed by atoms with van der Waals surface area (Å²) >= 11 is 0. The summed E-state index contributed by atoms with van der Waals surface area (Å²) in [5.41, 5.74) is 2.83. The fraction of sp³-hybridized carbons (Fsp3) is 0.286. The second-order valence-corrected chi connectivity index (χ2v) is 8.66. The first kappa shape index (κ1) is 18.7. The van der Waals surface area contributed by atoms with Crippen molar-refractivity contribution in [3.8, 4) is 0 Å². The van der Waals surface area contributed by atoms with E-state index in [4.69, 9.17) is 4.74 Å². The van der Waals surface area contributed by atoms with E-state index in [1.807, 2.05) is 54.6 Å². The minimum atomic E-state index is -3.76. The van der Waals surface area contributed by atoms with Crippen LogP contribution in [0.2, 0.25) is 0 Å². The zero-order chi connectivity index (χ0) is 19.6. The number of hydrogen-bond acceptors (Lipinski definition) is 4. The summed E-state index contributed by atoms with van der Waals surface area (Å²) in [5.74, 6) is 0. The lowest BCUT2D eigenvalue weighted by Gasteiger charge is -2.34. The molecular formula is C21H23N3O3S. The SMILES string of the molecule is COC1Cc2ccccc2N(S(=O)(=O)c2ccnn2CCc2ccccc2)C1. The molecule has 0 fully saturated rings. The summed E-state index contributed by atoms with van der Waals surface area (Å²) < 4.78 is 35.6. The minimum Gasteiger partial charge on any atom is -0.379 e. The number of fused-ring (bicyclic) bond motifs is 1. The van der Waals surface area contributed by atoms with Crippen LogP contribution in [0.1, 0.15) is 11.1 Å². The van der Waals surface area contributed by atoms with Crippen molar-refractivity contribution in [3.63, 3.8) is 0 Å². The number of sulfonamides is 1. The summed E-state index contributed by atoms with van der Waals surface area (Å²) in [6.07, 6.45) is 2.78. The van der Waals surface area contributed by atoms with Crippen molar-refractivity contribution in [1.29, 1.82) is 0 Å². The predicted molar refractivity (Wildman–Crippen MR) is 108 cm³/mol. The second kappa shape index (κ2) is 7.77. The predicted octanol–water partition coefficient (Wildman–Crippen LogP) is 2.89. The van der Waals surface area contributed by atoms with E-state index in [0.717, 1.165) is 11.1 Å². The van der Waals surface area contributed by atoms with E-state index in [1.165, 1.54) is 4.31 Å². The van der Waals surface area contributed by atoms with Crippen LogP contribution in [0.15, 0.2) is 71.9 Å². The molecule has 0 N–H and O–H groups in total. The zero-order valence-corrected chi connectivity index (χ0v) is 16.5. The van der Waals surface area contributed by atoms with E-state index in [-0.39, 0.29) is 11.1 Å². The van der Waals surface area contributed by atoms with Crippen LogP contribution < -0.4 is 4.31 Å². The van der Waals surface area contributed by atoms with E-state index in [2.05, 4.69) is 5.10 Å². The third-order valence-corrected chi connectivity index (χ3v) is 6.90. The molecule has 4 rings (SSSR count). The fourth-order valence-electron chi connectivity index (χ4n) is 3.61. The van der Waals surface area contributed by atoms with Crippen LogP contribution in [0.3, 0.4) is 0 Å². The molecule has 6 nitrogen and oxygen atoms in total. The van der Waals surface area contributed by atoms with Crippen molar-refractivity contribution in [3.05, 3.63) is 78.0 Å². The molecule has 0 amide bonds. The number of anilines is 1. The highest BCUT2D eigenvalue weighted by Gasteiger charge is 2.35. The van der Waals surface area contributed by atoms with Crippen molar-refractivity contribution in [2.45, 2.75) is 30.5 Å². The number of rotatable bonds is 6. The van der Waals surface area contributed by atoms with E-state index >= 15 is 0 Å². The van der Waals surface area contributed by atoms with Crippen LogP contribution in [-0.2, 0) is 34.1 Å². The molecule has 1 atom stereocenters. The van der Waals surface area contributed by atoms with Crippen LogP contribution in [0, 0.1) is 0 Å². The third-order valence-electron chi connectivity index (χ3n) is 5.10. The lowest BCUT2D eigenvalue weighted by Crippen LogP contribution is -2.43. The Balaban J connectivity index is 1.65. The summed E-state index contributed by atoms with van der Waals surface area (Å²) in [6.45, 7) is 0.786. The van der Waals surface area contributed by atoms with E-state index in [1.54, 1.807) is 24.1 Å². The summed E-state index contributed by atoms with van der Waals surface area (Å²) in [4.78, 5) is 0. The Morgan fingerprint density at radius 3 is 2.61 bits per heavy atom. The van der Waals surface area contributed by atoms with Gasteiger partial charge in [0.1, 0.15) is 0 Å². The molecule has 1 aliphatic rings. The first-order valence-corrected chi connectivity index (χ1v) is 10.7. The van der Waals surface area contributed by atoms with Gasteiger partial charge in [-0.1, -0.05) is 48.5 Å². The minimum absolute atomic E-state index is 0.176. The number of nitrogens with zero attached hydrogens (tertiary/aromatic N) is 3. The number of benzene rings is 2. The van der Waals surface area contributed by atoms with Crippen LogP contribution in [0.5, 0.6) is 0 Å². The topological polar surface area (TPSA) is 64.4 Å². The zero-order valence-electron chi connectivity index (χ0n) is 15.7. The Labute approximate surface area is 165 Å². The second-order valence-electron chi connectivity index (χ2n) is 6.85. The van der Waals surface area contributed by atoms with Crippen LogP contribution in [0.25, 0.3) is 0 Å². The molecule has 0 bridgehead atoms. The number of methoxy groups -OCH3 is 1. The Kier molecular flexibility index (Phi) is 5.19. The van der Waals surface area contributed by atoms with Gasteiger partial charge >= 0.3 is 0 Å². The van der Waals surface area contributed by atoms with Gasteiger partial charge in [-0.15, -0.1) is 0 Å². The van der Waals surface area contributed by atoms with E-state index in [0.29, 0.717) is 31.6 Å². The molecular weight excluding hydrogens is 374 g/mol. The van der Waals surface area contributed by atoms with Gasteiger partial charge in [-0.25, -0.2) is 0 Å². The molecule has 0 saturated heterocycles. The van der Waals surface area contributed by atoms with Gasteiger partial charge in [-0.2, -0.15) is 13.5 Å². The first-order valence-electron chi connectivity index (χ1n) is 9.29. The molecule has 2 heterocycles. The van der Waals surface area contributed by atoms with Gasteiger partial charge in [0.2, 0.25) is 0 Å². The average molecular weight is 398 g/mol. The molecule has 0 spiro atoms. The smallest absolute Gasteiger partial charge is 0.281 e. The lowest BCUT2D eigenvalue weighted by atomic mass is 10.0. The van der Waals surface area contributed by atoms with Gasteiger partial charge in [-0.05, 0) is 29.7 Å². The Hall–Kier alpha value is -2.64. The van der Waals surface area contributed by atoms with Crippen LogP contribution in [-0.4, -0.2) is 38.0 Å². The molecule has 2 aromatic carbocycles. The van der Waals surface area contributed by atoms with Crippen molar-refractivity contribution >= 4 is 15.7 Å². The van der Waals surface area contributed by atoms with Gasteiger partial charge in [0.25, 0.3) is 10.0 Å². The number of hydrogen-bond donors (Lipinski definition) is 0. The number of aryl methyl sites for hydroxylation is 2. The number of ether oxygens (including phenoxy) is 1. The normalized spacial score (nSPS) is 16.8. The Bertz CT molecular complexity index is 1050. The van der Waals surface area contributed by atoms with E-state index < -0.39 is 10.0 Å². The summed E-state index contributed by atoms with van der Waals surface area (Å²) in [7, 11) is -2.14. The number of para-hydroxylation sites is 1. The average Bonchev–Trinajstić information content (AvgIpc) is 3.21. The number of aromatic nitrogens is 2. The van der Waals surface area contributed by atoms with Gasteiger partial charge in [0.15, 0.2) is 5.03 Å². The molecule has 3 aromatic rings. The lowest BCUT2D eigenvalue weighted by molar-refractivity contribution is 0.108. The maximum atomic E-state index is 13.5. The summed E-state index contributed by atoms with van der Waals surface area (Å²) in [5, 5.41) is 4.47. The first-order chi connectivity index (χ1) is 13.6. The molecule has 146 valence electrons. The van der Waals surface area contributed by atoms with Gasteiger partial charge in [0, 0.05) is 20.1 Å². The van der Waals surface area contributed by atoms with Crippen LogP contribution >= 0.6 is 0 Å². The highest BCUT2D eigenvalue weighted by atomic mass is 32.2. The molecule has 28 heavy (non-hydrogen) atoms. The molecule has 0 saturated carbocycles. The van der Waals surface area contributed by atoms with Gasteiger partial charge in [0.05, 0.1) is 24.5 Å². The van der Waals surface area contributed by atoms with Crippen molar-refractivity contribution < 1.29 is 13.2 Å². The standard InChI is InChI=1S/C21H23N3O3S/c1-27-19-15-18-9-5-6-10-20(18)24(16-19)28(25,26)21-11-13-22-23(21)14-12-17-7-3-2-4-8-17/h2-11,13,19H,12,14-16H2,1H3. The Morgan fingerprint density at radius 1 is 1.07 bits per heavy atom. The van der Waals surface area contributed by atoms with Crippen molar-refractivity contribution in [2.75, 3.05) is 18.0 Å².